The summed E-state index contributed by atoms with van der Waals surface area (Å²) < 4.78 is 43.1. The highest BCUT2D eigenvalue weighted by atomic mass is 19.4. The van der Waals surface area contributed by atoms with Crippen LogP contribution in [0.3, 0.4) is 0 Å². The molecule has 8 heteroatoms. The third kappa shape index (κ3) is 4.22. The first-order valence-electron chi connectivity index (χ1n) is 6.43. The third-order valence-corrected chi connectivity index (χ3v) is 2.85. The highest BCUT2D eigenvalue weighted by Gasteiger charge is 2.39. The van der Waals surface area contributed by atoms with Crippen molar-refractivity contribution in [3.63, 3.8) is 0 Å². The first kappa shape index (κ1) is 14.8. The van der Waals surface area contributed by atoms with Gasteiger partial charge in [-0.3, -0.25) is 0 Å². The van der Waals surface area contributed by atoms with Crippen LogP contribution in [-0.4, -0.2) is 35.3 Å². The number of nitrogen functional groups attached to an aromatic ring is 1. The Balaban J connectivity index is 2.21. The van der Waals surface area contributed by atoms with Gasteiger partial charge in [-0.25, -0.2) is 9.97 Å². The Hall–Kier alpha value is -1.57. The normalized spacial score (nSPS) is 15.4. The van der Waals surface area contributed by atoms with E-state index >= 15 is 0 Å². The molecule has 0 amide bonds. The van der Waals surface area contributed by atoms with E-state index in [2.05, 4.69) is 9.97 Å². The molecule has 20 heavy (non-hydrogen) atoms. The molecule has 1 fully saturated rings. The van der Waals surface area contributed by atoms with E-state index in [0.29, 0.717) is 12.4 Å². The maximum atomic E-state index is 12.6. The van der Waals surface area contributed by atoms with E-state index in [4.69, 9.17) is 10.5 Å². The highest BCUT2D eigenvalue weighted by molar-refractivity contribution is 5.49. The van der Waals surface area contributed by atoms with Crippen LogP contribution in [0, 0.1) is 0 Å². The topological polar surface area (TPSA) is 64.3 Å². The molecule has 112 valence electrons. The average molecular weight is 290 g/mol. The number of alkyl halides is 3. The molecule has 1 saturated carbocycles. The Kier molecular flexibility index (Phi) is 4.32. The van der Waals surface area contributed by atoms with Crippen molar-refractivity contribution in [2.24, 2.45) is 0 Å². The number of nitrogens with zero attached hydrogens (tertiary/aromatic N) is 3. The smallest absolute Gasteiger partial charge is 0.384 e. The van der Waals surface area contributed by atoms with Gasteiger partial charge in [0.2, 0.25) is 0 Å². The SMILES string of the molecule is CCOCc1nc(N)cc(N(CC(F)(F)F)C2CC2)n1. The number of hydrogen-bond donors (Lipinski definition) is 1. The van der Waals surface area contributed by atoms with Crippen molar-refractivity contribution in [2.45, 2.75) is 38.6 Å². The van der Waals surface area contributed by atoms with Crippen LogP contribution in [0.15, 0.2) is 6.07 Å². The molecule has 1 aliphatic rings. The van der Waals surface area contributed by atoms with Crippen LogP contribution in [0.25, 0.3) is 0 Å². The zero-order valence-electron chi connectivity index (χ0n) is 11.2. The average Bonchev–Trinajstić information content (AvgIpc) is 3.16. The minimum Gasteiger partial charge on any atom is -0.384 e. The molecule has 1 aliphatic carbocycles. The van der Waals surface area contributed by atoms with Crippen molar-refractivity contribution >= 4 is 11.6 Å². The molecule has 1 aromatic heterocycles. The van der Waals surface area contributed by atoms with Crippen molar-refractivity contribution in [1.82, 2.24) is 9.97 Å². The van der Waals surface area contributed by atoms with Crippen LogP contribution in [0.5, 0.6) is 0 Å². The monoisotopic (exact) mass is 290 g/mol. The fraction of sp³-hybridized carbons (Fsp3) is 0.667. The summed E-state index contributed by atoms with van der Waals surface area (Å²) in [6.07, 6.45) is -2.80. The van der Waals surface area contributed by atoms with Gasteiger partial charge in [0.15, 0.2) is 5.82 Å². The minimum absolute atomic E-state index is 0.120. The van der Waals surface area contributed by atoms with Crippen molar-refractivity contribution in [1.29, 1.82) is 0 Å². The van der Waals surface area contributed by atoms with Gasteiger partial charge in [-0.15, -0.1) is 0 Å². The van der Waals surface area contributed by atoms with Gasteiger partial charge in [0.05, 0.1) is 0 Å². The van der Waals surface area contributed by atoms with Crippen LogP contribution in [0.2, 0.25) is 0 Å². The molecule has 5 nitrogen and oxygen atoms in total. The van der Waals surface area contributed by atoms with Gasteiger partial charge in [0.1, 0.15) is 24.8 Å². The number of rotatable bonds is 6. The predicted molar refractivity (Wildman–Crippen MR) is 68.2 cm³/mol. The summed E-state index contributed by atoms with van der Waals surface area (Å²) in [5.41, 5.74) is 5.64. The van der Waals surface area contributed by atoms with Gasteiger partial charge >= 0.3 is 6.18 Å². The summed E-state index contributed by atoms with van der Waals surface area (Å²) in [5, 5.41) is 0. The zero-order chi connectivity index (χ0) is 14.8. The predicted octanol–water partition coefficient (Wildman–Crippen LogP) is 2.13. The maximum Gasteiger partial charge on any atom is 0.405 e. The standard InChI is InChI=1S/C12H17F3N4O/c1-2-20-6-10-17-9(16)5-11(18-10)19(8-3-4-8)7-12(13,14)15/h5,8H,2-4,6-7H2,1H3,(H2,16,17,18). The first-order chi connectivity index (χ1) is 9.39. The molecule has 0 aromatic carbocycles. The second kappa shape index (κ2) is 5.82. The lowest BCUT2D eigenvalue weighted by Gasteiger charge is -2.25. The summed E-state index contributed by atoms with van der Waals surface area (Å²) in [7, 11) is 0. The number of ether oxygens (including phenoxy) is 1. The van der Waals surface area contributed by atoms with Crippen molar-refractivity contribution < 1.29 is 17.9 Å². The molecule has 0 saturated heterocycles. The lowest BCUT2D eigenvalue weighted by atomic mass is 10.4. The van der Waals surface area contributed by atoms with Crippen molar-refractivity contribution in [3.8, 4) is 0 Å². The maximum absolute atomic E-state index is 12.6. The molecule has 0 bridgehead atoms. The highest BCUT2D eigenvalue weighted by Crippen LogP contribution is 2.33. The molecule has 2 N–H and O–H groups in total. The van der Waals surface area contributed by atoms with Crippen molar-refractivity contribution in [3.05, 3.63) is 11.9 Å². The van der Waals surface area contributed by atoms with E-state index in [1.54, 1.807) is 0 Å². The Morgan fingerprint density at radius 3 is 2.65 bits per heavy atom. The Morgan fingerprint density at radius 1 is 1.40 bits per heavy atom. The molecular formula is C12H17F3N4O. The van der Waals surface area contributed by atoms with Crippen LogP contribution in [0.1, 0.15) is 25.6 Å². The van der Waals surface area contributed by atoms with E-state index in [1.165, 1.54) is 11.0 Å². The first-order valence-corrected chi connectivity index (χ1v) is 6.43. The largest absolute Gasteiger partial charge is 0.405 e. The second-order valence-corrected chi connectivity index (χ2v) is 4.68. The van der Waals surface area contributed by atoms with Gasteiger partial charge in [-0.05, 0) is 19.8 Å². The molecule has 0 atom stereocenters. The molecule has 0 radical (unpaired) electrons. The van der Waals surface area contributed by atoms with Gasteiger partial charge in [0.25, 0.3) is 0 Å². The van der Waals surface area contributed by atoms with Crippen LogP contribution in [-0.2, 0) is 11.3 Å². The minimum atomic E-state index is -4.28. The van der Waals surface area contributed by atoms with E-state index in [9.17, 15) is 13.2 Å². The van der Waals surface area contributed by atoms with Crippen molar-refractivity contribution in [2.75, 3.05) is 23.8 Å². The summed E-state index contributed by atoms with van der Waals surface area (Å²) in [6.45, 7) is 1.40. The molecule has 1 heterocycles. The zero-order valence-corrected chi connectivity index (χ0v) is 11.2. The Labute approximate surface area is 114 Å². The second-order valence-electron chi connectivity index (χ2n) is 4.68. The lowest BCUT2D eigenvalue weighted by molar-refractivity contribution is -0.120. The third-order valence-electron chi connectivity index (χ3n) is 2.85. The fourth-order valence-electron chi connectivity index (χ4n) is 1.88. The summed E-state index contributed by atoms with van der Waals surface area (Å²) in [6, 6.07) is 1.25. The van der Waals surface area contributed by atoms with E-state index in [1.807, 2.05) is 6.92 Å². The van der Waals surface area contributed by atoms with Crippen LogP contribution >= 0.6 is 0 Å². The molecule has 0 aliphatic heterocycles. The van der Waals surface area contributed by atoms with E-state index in [0.717, 1.165) is 12.8 Å². The van der Waals surface area contributed by atoms with E-state index in [-0.39, 0.29) is 24.3 Å². The number of nitrogens with two attached hydrogens (primary N) is 1. The number of anilines is 2. The summed E-state index contributed by atoms with van der Waals surface area (Å²) in [5.74, 6) is 0.666. The lowest BCUT2D eigenvalue weighted by Crippen LogP contribution is -2.36. The number of aromatic nitrogens is 2. The van der Waals surface area contributed by atoms with E-state index < -0.39 is 12.7 Å². The Morgan fingerprint density at radius 2 is 2.10 bits per heavy atom. The van der Waals surface area contributed by atoms with Gasteiger partial charge in [-0.1, -0.05) is 0 Å². The number of halogens is 3. The molecule has 0 unspecified atom stereocenters. The summed E-state index contributed by atoms with van der Waals surface area (Å²) >= 11 is 0. The van der Waals surface area contributed by atoms with Gasteiger partial charge < -0.3 is 15.4 Å². The fourth-order valence-corrected chi connectivity index (χ4v) is 1.88. The Bertz CT molecular complexity index is 463. The number of hydrogen-bond acceptors (Lipinski definition) is 5. The molecule has 1 aromatic rings. The molecule has 2 rings (SSSR count). The quantitative estimate of drug-likeness (QED) is 0.869. The summed E-state index contributed by atoms with van der Waals surface area (Å²) in [4.78, 5) is 9.33. The van der Waals surface area contributed by atoms with Gasteiger partial charge in [0, 0.05) is 18.7 Å². The molecular weight excluding hydrogens is 273 g/mol. The molecule has 0 spiro atoms. The van der Waals surface area contributed by atoms with Gasteiger partial charge in [-0.2, -0.15) is 13.2 Å². The van der Waals surface area contributed by atoms with Crippen LogP contribution < -0.4 is 10.6 Å². The van der Waals surface area contributed by atoms with Crippen LogP contribution in [0.4, 0.5) is 24.8 Å².